The molecule has 8 heteroatoms. The van der Waals surface area contributed by atoms with Crippen LogP contribution in [0.25, 0.3) is 5.65 Å². The molecule has 0 spiro atoms. The highest BCUT2D eigenvalue weighted by Gasteiger charge is 2.23. The van der Waals surface area contributed by atoms with Crippen molar-refractivity contribution >= 4 is 28.8 Å². The first-order chi connectivity index (χ1) is 11.1. The zero-order valence-corrected chi connectivity index (χ0v) is 12.5. The van der Waals surface area contributed by atoms with E-state index in [-0.39, 0.29) is 12.4 Å². The van der Waals surface area contributed by atoms with Crippen LogP contribution in [0.15, 0.2) is 53.5 Å². The number of halogens is 1. The lowest BCUT2D eigenvalue weighted by molar-refractivity contribution is -0.385. The molecule has 0 unspecified atom stereocenters. The van der Waals surface area contributed by atoms with Crippen molar-refractivity contribution in [2.24, 2.45) is 0 Å². The topological polar surface area (TPSA) is 89.5 Å². The lowest BCUT2D eigenvalue weighted by Gasteiger charge is -2.08. The number of pyridine rings is 1. The second kappa shape index (κ2) is 6.05. The number of anilines is 1. The van der Waals surface area contributed by atoms with Gasteiger partial charge in [0.25, 0.3) is 0 Å². The maximum atomic E-state index is 12.3. The van der Waals surface area contributed by atoms with Crippen LogP contribution >= 0.6 is 11.6 Å². The molecule has 2 aromatic heterocycles. The third-order valence-corrected chi connectivity index (χ3v) is 3.48. The van der Waals surface area contributed by atoms with Gasteiger partial charge in [-0.1, -0.05) is 29.8 Å². The van der Waals surface area contributed by atoms with Crippen LogP contribution in [0, 0.1) is 10.1 Å². The van der Waals surface area contributed by atoms with Gasteiger partial charge in [-0.15, -0.1) is 0 Å². The molecule has 23 heavy (non-hydrogen) atoms. The number of hydrogen-bond acceptors (Lipinski definition) is 5. The third kappa shape index (κ3) is 3.00. The molecule has 0 aliphatic heterocycles. The van der Waals surface area contributed by atoms with Crippen LogP contribution < -0.4 is 10.9 Å². The standard InChI is InChI=1S/C15H11ClN4O3/c16-11-5-3-4-10(8-11)9-17-14-13(20(22)23)15(21)19-7-2-1-6-12(19)18-14/h1-8,17H,9H2. The Bertz CT molecular complexity index is 955. The fourth-order valence-corrected chi connectivity index (χ4v) is 2.41. The van der Waals surface area contributed by atoms with Crippen molar-refractivity contribution in [1.29, 1.82) is 0 Å². The van der Waals surface area contributed by atoms with E-state index in [0.717, 1.165) is 9.96 Å². The third-order valence-electron chi connectivity index (χ3n) is 3.24. The van der Waals surface area contributed by atoms with Crippen molar-refractivity contribution < 1.29 is 4.92 Å². The van der Waals surface area contributed by atoms with Crippen LogP contribution in [0.3, 0.4) is 0 Å². The highest BCUT2D eigenvalue weighted by molar-refractivity contribution is 6.30. The zero-order valence-electron chi connectivity index (χ0n) is 11.8. The number of nitrogens with one attached hydrogen (secondary N) is 1. The highest BCUT2D eigenvalue weighted by Crippen LogP contribution is 2.19. The average molecular weight is 331 g/mol. The van der Waals surface area contributed by atoms with Gasteiger partial charge in [-0.05, 0) is 29.8 Å². The van der Waals surface area contributed by atoms with E-state index in [9.17, 15) is 14.9 Å². The van der Waals surface area contributed by atoms with E-state index in [0.29, 0.717) is 10.7 Å². The Labute approximate surface area is 135 Å². The average Bonchev–Trinajstić information content (AvgIpc) is 2.53. The van der Waals surface area contributed by atoms with Crippen LogP contribution in [-0.4, -0.2) is 14.3 Å². The molecule has 0 atom stereocenters. The van der Waals surface area contributed by atoms with Crippen LogP contribution in [0.1, 0.15) is 5.56 Å². The molecule has 7 nitrogen and oxygen atoms in total. The van der Waals surface area contributed by atoms with Crippen molar-refractivity contribution in [3.63, 3.8) is 0 Å². The van der Waals surface area contributed by atoms with Crippen LogP contribution in [-0.2, 0) is 6.54 Å². The second-order valence-electron chi connectivity index (χ2n) is 4.78. The number of aromatic nitrogens is 2. The van der Waals surface area contributed by atoms with E-state index in [1.165, 1.54) is 6.20 Å². The molecule has 0 bridgehead atoms. The summed E-state index contributed by atoms with van der Waals surface area (Å²) in [5, 5.41) is 14.6. The number of nitro groups is 1. The summed E-state index contributed by atoms with van der Waals surface area (Å²) in [6.45, 7) is 0.261. The molecule has 0 amide bonds. The molecule has 0 aliphatic rings. The Morgan fingerprint density at radius 1 is 1.26 bits per heavy atom. The fraction of sp³-hybridized carbons (Fsp3) is 0.0667. The molecular formula is C15H11ClN4O3. The Kier molecular flexibility index (Phi) is 3.94. The predicted molar refractivity (Wildman–Crippen MR) is 86.9 cm³/mol. The summed E-state index contributed by atoms with van der Waals surface area (Å²) < 4.78 is 1.14. The molecule has 1 N–H and O–H groups in total. The van der Waals surface area contributed by atoms with Crippen LogP contribution in [0.4, 0.5) is 11.5 Å². The Balaban J connectivity index is 2.04. The van der Waals surface area contributed by atoms with Gasteiger partial charge >= 0.3 is 11.2 Å². The number of nitrogens with zero attached hydrogens (tertiary/aromatic N) is 3. The molecular weight excluding hydrogens is 320 g/mol. The molecule has 1 aromatic carbocycles. The summed E-state index contributed by atoms with van der Waals surface area (Å²) >= 11 is 5.91. The molecule has 116 valence electrons. The Morgan fingerprint density at radius 3 is 2.83 bits per heavy atom. The Hall–Kier alpha value is -2.93. The van der Waals surface area contributed by atoms with Crippen molar-refractivity contribution in [3.05, 3.63) is 79.7 Å². The first kappa shape index (κ1) is 15.0. The molecule has 3 aromatic rings. The number of benzene rings is 1. The number of fused-ring (bicyclic) bond motifs is 1. The lowest BCUT2D eigenvalue weighted by atomic mass is 10.2. The zero-order chi connectivity index (χ0) is 16.4. The van der Waals surface area contributed by atoms with E-state index in [2.05, 4.69) is 10.3 Å². The van der Waals surface area contributed by atoms with E-state index >= 15 is 0 Å². The van der Waals surface area contributed by atoms with Gasteiger partial charge in [-0.25, -0.2) is 4.98 Å². The van der Waals surface area contributed by atoms with Gasteiger partial charge in [0.05, 0.1) is 4.92 Å². The maximum absolute atomic E-state index is 12.3. The lowest BCUT2D eigenvalue weighted by Crippen LogP contribution is -2.21. The summed E-state index contributed by atoms with van der Waals surface area (Å²) in [6, 6.07) is 12.0. The molecule has 0 aliphatic carbocycles. The Morgan fingerprint density at radius 2 is 2.09 bits per heavy atom. The van der Waals surface area contributed by atoms with Crippen molar-refractivity contribution in [2.45, 2.75) is 6.54 Å². The predicted octanol–water partition coefficient (Wildman–Crippen LogP) is 2.87. The molecule has 0 saturated heterocycles. The normalized spacial score (nSPS) is 10.7. The van der Waals surface area contributed by atoms with Gasteiger partial charge in [-0.2, -0.15) is 0 Å². The van der Waals surface area contributed by atoms with Crippen molar-refractivity contribution in [2.75, 3.05) is 5.32 Å². The smallest absolute Gasteiger partial charge is 0.360 e. The summed E-state index contributed by atoms with van der Waals surface area (Å²) in [5.74, 6) is -0.0637. The SMILES string of the molecule is O=c1c([N+](=O)[O-])c(NCc2cccc(Cl)c2)nc2ccccn12. The second-order valence-corrected chi connectivity index (χ2v) is 5.22. The maximum Gasteiger partial charge on any atom is 0.376 e. The molecule has 0 radical (unpaired) electrons. The highest BCUT2D eigenvalue weighted by atomic mass is 35.5. The van der Waals surface area contributed by atoms with Crippen LogP contribution in [0.5, 0.6) is 0 Å². The van der Waals surface area contributed by atoms with Gasteiger partial charge < -0.3 is 5.32 Å². The van der Waals surface area contributed by atoms with E-state index in [1.807, 2.05) is 6.07 Å². The fourth-order valence-electron chi connectivity index (χ4n) is 2.20. The molecule has 0 saturated carbocycles. The minimum absolute atomic E-state index is 0.0637. The van der Waals surface area contributed by atoms with Gasteiger partial charge in [0.15, 0.2) is 0 Å². The van der Waals surface area contributed by atoms with Gasteiger partial charge in [0.2, 0.25) is 5.82 Å². The summed E-state index contributed by atoms with van der Waals surface area (Å²) in [7, 11) is 0. The van der Waals surface area contributed by atoms with Gasteiger partial charge in [0.1, 0.15) is 5.65 Å². The summed E-state index contributed by atoms with van der Waals surface area (Å²) in [4.78, 5) is 27.0. The van der Waals surface area contributed by atoms with E-state index in [1.54, 1.807) is 36.4 Å². The summed E-state index contributed by atoms with van der Waals surface area (Å²) in [5.41, 5.74) is -0.163. The minimum atomic E-state index is -0.728. The van der Waals surface area contributed by atoms with Crippen molar-refractivity contribution in [1.82, 2.24) is 9.38 Å². The van der Waals surface area contributed by atoms with Crippen LogP contribution in [0.2, 0.25) is 5.02 Å². The number of hydrogen-bond donors (Lipinski definition) is 1. The largest absolute Gasteiger partial charge is 0.376 e. The first-order valence-electron chi connectivity index (χ1n) is 6.70. The number of rotatable bonds is 4. The molecule has 3 rings (SSSR count). The minimum Gasteiger partial charge on any atom is -0.360 e. The van der Waals surface area contributed by atoms with Gasteiger partial charge in [0, 0.05) is 17.8 Å². The van der Waals surface area contributed by atoms with Crippen molar-refractivity contribution in [3.8, 4) is 0 Å². The first-order valence-corrected chi connectivity index (χ1v) is 7.08. The van der Waals surface area contributed by atoms with E-state index in [4.69, 9.17) is 11.6 Å². The molecule has 0 fully saturated rings. The molecule has 2 heterocycles. The van der Waals surface area contributed by atoms with Gasteiger partial charge in [-0.3, -0.25) is 19.3 Å². The monoisotopic (exact) mass is 330 g/mol. The summed E-state index contributed by atoms with van der Waals surface area (Å²) in [6.07, 6.45) is 1.44. The van der Waals surface area contributed by atoms with E-state index < -0.39 is 16.2 Å². The quantitative estimate of drug-likeness (QED) is 0.587.